The number of hydrogen-bond acceptors (Lipinski definition) is 4. The van der Waals surface area contributed by atoms with Crippen LogP contribution in [0, 0.1) is 5.92 Å². The molecule has 1 aromatic carbocycles. The summed E-state index contributed by atoms with van der Waals surface area (Å²) in [5, 5.41) is 0. The third-order valence-corrected chi connectivity index (χ3v) is 8.99. The molecule has 0 spiro atoms. The Morgan fingerprint density at radius 2 is 1.45 bits per heavy atom. The normalized spacial score (nSPS) is 24.6. The fourth-order valence-electron chi connectivity index (χ4n) is 5.06. The highest BCUT2D eigenvalue weighted by Crippen LogP contribution is 2.28. The SMILES string of the molecule is CC1CCN(C2CCN(S(=O)(=O)c3ccc(OC4CCCCC4)cc3)CC2)CC1. The molecule has 1 saturated carbocycles. The summed E-state index contributed by atoms with van der Waals surface area (Å²) >= 11 is 0. The van der Waals surface area contributed by atoms with Crippen molar-refractivity contribution in [2.75, 3.05) is 26.2 Å². The van der Waals surface area contributed by atoms with Crippen LogP contribution in [0.5, 0.6) is 5.75 Å². The molecule has 0 unspecified atom stereocenters. The van der Waals surface area contributed by atoms with E-state index < -0.39 is 10.0 Å². The first-order chi connectivity index (χ1) is 14.0. The molecule has 0 radical (unpaired) electrons. The van der Waals surface area contributed by atoms with E-state index in [-0.39, 0.29) is 6.10 Å². The molecular formula is C23H36N2O3S. The summed E-state index contributed by atoms with van der Waals surface area (Å²) in [6.45, 7) is 5.92. The maximum atomic E-state index is 13.1. The molecule has 0 atom stereocenters. The molecule has 1 aromatic rings. The highest BCUT2D eigenvalue weighted by molar-refractivity contribution is 7.89. The van der Waals surface area contributed by atoms with Crippen LogP contribution in [0.15, 0.2) is 29.2 Å². The van der Waals surface area contributed by atoms with Crippen molar-refractivity contribution in [1.82, 2.24) is 9.21 Å². The van der Waals surface area contributed by atoms with E-state index in [1.54, 1.807) is 16.4 Å². The van der Waals surface area contributed by atoms with Crippen LogP contribution in [0.1, 0.15) is 64.7 Å². The number of ether oxygens (including phenoxy) is 1. The van der Waals surface area contributed by atoms with Crippen molar-refractivity contribution >= 4 is 10.0 Å². The smallest absolute Gasteiger partial charge is 0.243 e. The first kappa shape index (κ1) is 21.1. The minimum absolute atomic E-state index is 0.281. The Balaban J connectivity index is 1.32. The first-order valence-electron chi connectivity index (χ1n) is 11.5. The van der Waals surface area contributed by atoms with Gasteiger partial charge in [0.15, 0.2) is 0 Å². The van der Waals surface area contributed by atoms with Gasteiger partial charge in [0.05, 0.1) is 11.0 Å². The molecule has 0 aromatic heterocycles. The van der Waals surface area contributed by atoms with Gasteiger partial charge in [-0.05, 0) is 94.6 Å². The maximum Gasteiger partial charge on any atom is 0.243 e. The Morgan fingerprint density at radius 1 is 0.828 bits per heavy atom. The van der Waals surface area contributed by atoms with Crippen LogP contribution in [-0.2, 0) is 10.0 Å². The number of sulfonamides is 1. The van der Waals surface area contributed by atoms with Crippen molar-refractivity contribution in [2.24, 2.45) is 5.92 Å². The summed E-state index contributed by atoms with van der Waals surface area (Å²) in [5.41, 5.74) is 0. The summed E-state index contributed by atoms with van der Waals surface area (Å²) in [4.78, 5) is 2.97. The second-order valence-corrected chi connectivity index (χ2v) is 11.1. The standard InChI is InChI=1S/C23H36N2O3S/c1-19-11-15-24(16-12-19)20-13-17-25(18-14-20)29(26,27)23-9-7-22(8-10-23)28-21-5-3-2-4-6-21/h7-10,19-21H,2-6,11-18H2,1H3. The van der Waals surface area contributed by atoms with E-state index in [1.165, 1.54) is 45.2 Å². The van der Waals surface area contributed by atoms with Crippen LogP contribution in [0.4, 0.5) is 0 Å². The zero-order valence-corrected chi connectivity index (χ0v) is 18.6. The van der Waals surface area contributed by atoms with Gasteiger partial charge >= 0.3 is 0 Å². The monoisotopic (exact) mass is 420 g/mol. The molecule has 29 heavy (non-hydrogen) atoms. The summed E-state index contributed by atoms with van der Waals surface area (Å²) in [6, 6.07) is 7.61. The lowest BCUT2D eigenvalue weighted by atomic mass is 9.95. The average Bonchev–Trinajstić information content (AvgIpc) is 2.75. The molecule has 6 heteroatoms. The summed E-state index contributed by atoms with van der Waals surface area (Å²) < 4.78 is 33.9. The van der Waals surface area contributed by atoms with Gasteiger partial charge in [0, 0.05) is 19.1 Å². The molecule has 1 aliphatic carbocycles. The van der Waals surface area contributed by atoms with E-state index in [0.717, 1.165) is 37.4 Å². The summed E-state index contributed by atoms with van der Waals surface area (Å²) in [7, 11) is -3.42. The number of hydrogen-bond donors (Lipinski definition) is 0. The minimum Gasteiger partial charge on any atom is -0.490 e. The van der Waals surface area contributed by atoms with Gasteiger partial charge in [-0.3, -0.25) is 0 Å². The van der Waals surface area contributed by atoms with Gasteiger partial charge < -0.3 is 9.64 Å². The van der Waals surface area contributed by atoms with E-state index in [9.17, 15) is 8.42 Å². The molecule has 3 fully saturated rings. The van der Waals surface area contributed by atoms with E-state index in [0.29, 0.717) is 24.0 Å². The predicted octanol–water partition coefficient (Wildman–Crippen LogP) is 4.28. The van der Waals surface area contributed by atoms with Crippen LogP contribution < -0.4 is 4.74 Å². The number of benzene rings is 1. The van der Waals surface area contributed by atoms with Crippen molar-refractivity contribution in [1.29, 1.82) is 0 Å². The van der Waals surface area contributed by atoms with Crippen molar-refractivity contribution in [3.05, 3.63) is 24.3 Å². The number of nitrogens with zero attached hydrogens (tertiary/aromatic N) is 2. The molecule has 0 bridgehead atoms. The fourth-order valence-corrected chi connectivity index (χ4v) is 6.53. The van der Waals surface area contributed by atoms with Crippen molar-refractivity contribution < 1.29 is 13.2 Å². The molecule has 4 rings (SSSR count). The zero-order chi connectivity index (χ0) is 20.3. The topological polar surface area (TPSA) is 49.9 Å². The van der Waals surface area contributed by atoms with Gasteiger partial charge in [0.25, 0.3) is 0 Å². The van der Waals surface area contributed by atoms with E-state index in [1.807, 2.05) is 12.1 Å². The van der Waals surface area contributed by atoms with Gasteiger partial charge in [0.2, 0.25) is 10.0 Å². The molecular weight excluding hydrogens is 384 g/mol. The molecule has 162 valence electrons. The van der Waals surface area contributed by atoms with Crippen LogP contribution >= 0.6 is 0 Å². The van der Waals surface area contributed by atoms with E-state index in [2.05, 4.69) is 11.8 Å². The quantitative estimate of drug-likeness (QED) is 0.713. The zero-order valence-electron chi connectivity index (χ0n) is 17.8. The third kappa shape index (κ3) is 5.15. The highest BCUT2D eigenvalue weighted by atomic mass is 32.2. The van der Waals surface area contributed by atoms with Crippen LogP contribution in [0.25, 0.3) is 0 Å². The molecule has 2 aliphatic heterocycles. The van der Waals surface area contributed by atoms with Gasteiger partial charge in [-0.25, -0.2) is 8.42 Å². The van der Waals surface area contributed by atoms with Gasteiger partial charge in [-0.1, -0.05) is 13.3 Å². The Hall–Kier alpha value is -1.11. The Kier molecular flexibility index (Phi) is 6.82. The number of piperidine rings is 2. The van der Waals surface area contributed by atoms with Crippen molar-refractivity contribution in [3.8, 4) is 5.75 Å². The minimum atomic E-state index is -3.42. The first-order valence-corrected chi connectivity index (χ1v) is 13.0. The molecule has 2 saturated heterocycles. The summed E-state index contributed by atoms with van der Waals surface area (Å²) in [5.74, 6) is 1.62. The average molecular weight is 421 g/mol. The van der Waals surface area contributed by atoms with Crippen molar-refractivity contribution in [2.45, 2.75) is 81.8 Å². The van der Waals surface area contributed by atoms with Crippen LogP contribution in [0.2, 0.25) is 0 Å². The van der Waals surface area contributed by atoms with Gasteiger partial charge in [-0.15, -0.1) is 0 Å². The number of likely N-dealkylation sites (tertiary alicyclic amines) is 1. The lowest BCUT2D eigenvalue weighted by Crippen LogP contribution is -2.48. The van der Waals surface area contributed by atoms with Crippen LogP contribution in [-0.4, -0.2) is 55.9 Å². The Morgan fingerprint density at radius 3 is 2.07 bits per heavy atom. The molecule has 5 nitrogen and oxygen atoms in total. The lowest BCUT2D eigenvalue weighted by molar-refractivity contribution is 0.101. The molecule has 0 N–H and O–H groups in total. The fraction of sp³-hybridized carbons (Fsp3) is 0.739. The van der Waals surface area contributed by atoms with Gasteiger partial charge in [-0.2, -0.15) is 4.31 Å². The van der Waals surface area contributed by atoms with Crippen molar-refractivity contribution in [3.63, 3.8) is 0 Å². The largest absolute Gasteiger partial charge is 0.490 e. The van der Waals surface area contributed by atoms with E-state index in [4.69, 9.17) is 4.74 Å². The predicted molar refractivity (Wildman–Crippen MR) is 116 cm³/mol. The lowest BCUT2D eigenvalue weighted by Gasteiger charge is -2.41. The van der Waals surface area contributed by atoms with Crippen LogP contribution in [0.3, 0.4) is 0 Å². The Bertz CT molecular complexity index is 743. The second kappa shape index (κ2) is 9.36. The Labute approximate surface area is 176 Å². The number of rotatable bonds is 5. The van der Waals surface area contributed by atoms with Gasteiger partial charge in [0.1, 0.15) is 5.75 Å². The maximum absolute atomic E-state index is 13.1. The third-order valence-electron chi connectivity index (χ3n) is 7.07. The second-order valence-electron chi connectivity index (χ2n) is 9.20. The molecule has 3 aliphatic rings. The summed E-state index contributed by atoms with van der Waals surface area (Å²) in [6.07, 6.45) is 10.7. The molecule has 0 amide bonds. The molecule has 2 heterocycles. The van der Waals surface area contributed by atoms with E-state index >= 15 is 0 Å². The highest BCUT2D eigenvalue weighted by Gasteiger charge is 2.32.